The summed E-state index contributed by atoms with van der Waals surface area (Å²) < 4.78 is 44.8. The van der Waals surface area contributed by atoms with E-state index in [1.807, 2.05) is 0 Å². The third kappa shape index (κ3) is 3.96. The van der Waals surface area contributed by atoms with E-state index in [9.17, 15) is 28.1 Å². The lowest BCUT2D eigenvalue weighted by molar-refractivity contribution is -0.393. The van der Waals surface area contributed by atoms with Crippen molar-refractivity contribution in [3.63, 3.8) is 0 Å². The van der Waals surface area contributed by atoms with E-state index in [2.05, 4.69) is 14.5 Å². The van der Waals surface area contributed by atoms with Crippen LogP contribution in [0.25, 0.3) is 0 Å². The fourth-order valence-electron chi connectivity index (χ4n) is 1.30. The fraction of sp³-hybridized carbons (Fsp3) is 0.333. The number of hydrogen-bond donors (Lipinski definition) is 1. The molecular formula is C9H7F3N2O6. The van der Waals surface area contributed by atoms with E-state index in [0.29, 0.717) is 0 Å². The molecule has 11 heteroatoms. The monoisotopic (exact) mass is 296 g/mol. The van der Waals surface area contributed by atoms with Crippen LogP contribution in [0.2, 0.25) is 0 Å². The van der Waals surface area contributed by atoms with Crippen molar-refractivity contribution >= 4 is 11.8 Å². The lowest BCUT2D eigenvalue weighted by Gasteiger charge is -2.12. The Morgan fingerprint density at radius 1 is 1.55 bits per heavy atom. The summed E-state index contributed by atoms with van der Waals surface area (Å²) in [6.07, 6.45) is -6.15. The van der Waals surface area contributed by atoms with Gasteiger partial charge in [0.1, 0.15) is 0 Å². The van der Waals surface area contributed by atoms with Gasteiger partial charge >= 0.3 is 24.0 Å². The van der Waals surface area contributed by atoms with Crippen LogP contribution in [-0.4, -0.2) is 34.5 Å². The molecule has 20 heavy (non-hydrogen) atoms. The molecule has 8 nitrogen and oxygen atoms in total. The quantitative estimate of drug-likeness (QED) is 0.647. The second-order valence-electron chi connectivity index (χ2n) is 3.35. The van der Waals surface area contributed by atoms with Gasteiger partial charge in [0.15, 0.2) is 0 Å². The molecule has 0 unspecified atom stereocenters. The zero-order chi connectivity index (χ0) is 15.5. The molecular weight excluding hydrogens is 289 g/mol. The summed E-state index contributed by atoms with van der Waals surface area (Å²) in [5.41, 5.74) is -0.576. The summed E-state index contributed by atoms with van der Waals surface area (Å²) in [5.74, 6) is -4.45. The van der Waals surface area contributed by atoms with Crippen LogP contribution < -0.4 is 9.47 Å². The number of rotatable bonds is 5. The van der Waals surface area contributed by atoms with Gasteiger partial charge in [0.2, 0.25) is 5.75 Å². The highest BCUT2D eigenvalue weighted by Gasteiger charge is 2.37. The molecule has 0 aliphatic rings. The zero-order valence-corrected chi connectivity index (χ0v) is 9.80. The Balaban J connectivity index is 3.46. The Labute approximate surface area is 108 Å². The number of hydrogen-bond acceptors (Lipinski definition) is 6. The molecule has 0 aromatic carbocycles. The lowest BCUT2D eigenvalue weighted by atomic mass is 10.1. The van der Waals surface area contributed by atoms with Crippen molar-refractivity contribution in [2.24, 2.45) is 0 Å². The number of aromatic nitrogens is 1. The highest BCUT2D eigenvalue weighted by atomic mass is 19.4. The van der Waals surface area contributed by atoms with Crippen LogP contribution >= 0.6 is 0 Å². The average molecular weight is 296 g/mol. The summed E-state index contributed by atoms with van der Waals surface area (Å²) in [6, 6.07) is 0.822. The fourth-order valence-corrected chi connectivity index (χ4v) is 1.30. The number of pyridine rings is 1. The Kier molecular flexibility index (Phi) is 4.32. The first-order chi connectivity index (χ1) is 9.14. The van der Waals surface area contributed by atoms with E-state index in [1.165, 1.54) is 0 Å². The first-order valence-corrected chi connectivity index (χ1v) is 4.84. The molecule has 0 bridgehead atoms. The number of nitrogens with zero attached hydrogens (tertiary/aromatic N) is 2. The van der Waals surface area contributed by atoms with Crippen LogP contribution in [-0.2, 0) is 11.2 Å². The number of carboxylic acid groups (broad SMARTS) is 1. The second-order valence-corrected chi connectivity index (χ2v) is 3.35. The van der Waals surface area contributed by atoms with Crippen LogP contribution in [0.5, 0.6) is 11.6 Å². The van der Waals surface area contributed by atoms with Crippen molar-refractivity contribution in [3.05, 3.63) is 21.7 Å². The largest absolute Gasteiger partial charge is 0.573 e. The molecule has 0 fully saturated rings. The van der Waals surface area contributed by atoms with E-state index >= 15 is 0 Å². The molecule has 1 N–H and O–H groups in total. The van der Waals surface area contributed by atoms with Gasteiger partial charge in [0.25, 0.3) is 0 Å². The molecule has 1 rings (SSSR count). The topological polar surface area (TPSA) is 112 Å². The van der Waals surface area contributed by atoms with Gasteiger partial charge in [-0.2, -0.15) is 0 Å². The predicted molar refractivity (Wildman–Crippen MR) is 55.5 cm³/mol. The first-order valence-electron chi connectivity index (χ1n) is 4.84. The maximum atomic E-state index is 12.2. The van der Waals surface area contributed by atoms with Crippen LogP contribution in [0.15, 0.2) is 6.07 Å². The normalized spacial score (nSPS) is 11.0. The molecule has 0 spiro atoms. The molecule has 0 amide bonds. The van der Waals surface area contributed by atoms with Gasteiger partial charge in [-0.3, -0.25) is 4.79 Å². The number of alkyl halides is 3. The van der Waals surface area contributed by atoms with Crippen LogP contribution in [0, 0.1) is 10.1 Å². The van der Waals surface area contributed by atoms with Gasteiger partial charge in [0.05, 0.1) is 13.5 Å². The molecule has 0 aliphatic carbocycles. The molecule has 1 aromatic rings. The molecule has 1 heterocycles. The van der Waals surface area contributed by atoms with Crippen LogP contribution in [0.3, 0.4) is 0 Å². The highest BCUT2D eigenvalue weighted by Crippen LogP contribution is 2.36. The Bertz CT molecular complexity index is 545. The van der Waals surface area contributed by atoms with Gasteiger partial charge in [-0.15, -0.1) is 13.2 Å². The number of aliphatic carboxylic acids is 1. The Hall–Kier alpha value is -2.59. The van der Waals surface area contributed by atoms with E-state index in [0.717, 1.165) is 13.2 Å². The predicted octanol–water partition coefficient (Wildman–Crippen LogP) is 1.52. The minimum atomic E-state index is -5.23. The van der Waals surface area contributed by atoms with Crippen molar-refractivity contribution in [1.29, 1.82) is 0 Å². The number of nitro groups is 1. The molecule has 110 valence electrons. The Morgan fingerprint density at radius 2 is 2.15 bits per heavy atom. The number of methoxy groups -OCH3 is 1. The Morgan fingerprint density at radius 3 is 2.55 bits per heavy atom. The second kappa shape index (κ2) is 5.59. The highest BCUT2D eigenvalue weighted by molar-refractivity contribution is 5.72. The van der Waals surface area contributed by atoms with Crippen LogP contribution in [0.4, 0.5) is 19.0 Å². The van der Waals surface area contributed by atoms with Crippen molar-refractivity contribution in [2.45, 2.75) is 12.8 Å². The third-order valence-electron chi connectivity index (χ3n) is 1.95. The third-order valence-corrected chi connectivity index (χ3v) is 1.95. The van der Waals surface area contributed by atoms with E-state index < -0.39 is 46.7 Å². The summed E-state index contributed by atoms with van der Waals surface area (Å²) in [4.78, 5) is 23.3. The number of ether oxygens (including phenoxy) is 2. The molecule has 0 radical (unpaired) electrons. The SMILES string of the molecule is COc1cc(CC(=O)O)c(OC(F)(F)F)c([N+](=O)[O-])n1. The maximum absolute atomic E-state index is 12.2. The van der Waals surface area contributed by atoms with Crippen molar-refractivity contribution in [3.8, 4) is 11.6 Å². The van der Waals surface area contributed by atoms with Crippen molar-refractivity contribution < 1.29 is 37.5 Å². The minimum Gasteiger partial charge on any atom is -0.481 e. The van der Waals surface area contributed by atoms with Gasteiger partial charge in [-0.25, -0.2) is 0 Å². The van der Waals surface area contributed by atoms with Crippen molar-refractivity contribution in [1.82, 2.24) is 4.98 Å². The summed E-state index contributed by atoms with van der Waals surface area (Å²) in [6.45, 7) is 0. The minimum absolute atomic E-state index is 0.400. The first kappa shape index (κ1) is 15.5. The average Bonchev–Trinajstić information content (AvgIpc) is 2.28. The number of halogens is 3. The molecule has 0 saturated carbocycles. The van der Waals surface area contributed by atoms with Gasteiger partial charge in [-0.1, -0.05) is 0 Å². The van der Waals surface area contributed by atoms with E-state index in [4.69, 9.17) is 5.11 Å². The molecule has 0 saturated heterocycles. The molecule has 0 aliphatic heterocycles. The van der Waals surface area contributed by atoms with Crippen molar-refractivity contribution in [2.75, 3.05) is 7.11 Å². The van der Waals surface area contributed by atoms with E-state index in [1.54, 1.807) is 0 Å². The smallest absolute Gasteiger partial charge is 0.481 e. The summed E-state index contributed by atoms with van der Waals surface area (Å²) in [5, 5.41) is 19.3. The maximum Gasteiger partial charge on any atom is 0.573 e. The molecule has 0 atom stereocenters. The van der Waals surface area contributed by atoms with E-state index in [-0.39, 0.29) is 0 Å². The number of carboxylic acids is 1. The van der Waals surface area contributed by atoms with Crippen LogP contribution in [0.1, 0.15) is 5.56 Å². The summed E-state index contributed by atoms with van der Waals surface area (Å²) in [7, 11) is 1.07. The van der Waals surface area contributed by atoms with Gasteiger partial charge in [-0.05, 0) is 4.92 Å². The molecule has 1 aromatic heterocycles. The summed E-state index contributed by atoms with van der Waals surface area (Å²) >= 11 is 0. The number of carbonyl (C=O) groups is 1. The van der Waals surface area contributed by atoms with Gasteiger partial charge < -0.3 is 24.7 Å². The van der Waals surface area contributed by atoms with Gasteiger partial charge in [0, 0.05) is 16.6 Å². The zero-order valence-electron chi connectivity index (χ0n) is 9.80. The lowest BCUT2D eigenvalue weighted by Crippen LogP contribution is -2.20. The standard InChI is InChI=1S/C9H7F3N2O6/c1-19-5-2-4(3-6(15)16)7(20-9(10,11)12)8(13-5)14(17)18/h2H,3H2,1H3,(H,15,16).